The van der Waals surface area contributed by atoms with E-state index in [0.717, 1.165) is 32.4 Å². The van der Waals surface area contributed by atoms with Gasteiger partial charge < -0.3 is 10.0 Å². The minimum Gasteiger partial charge on any atom is -0.390 e. The van der Waals surface area contributed by atoms with Gasteiger partial charge in [0.1, 0.15) is 0 Å². The summed E-state index contributed by atoms with van der Waals surface area (Å²) in [6, 6.07) is 0. The molecular weight excluding hydrogens is 226 g/mol. The number of carbonyl (C=O) groups is 1. The zero-order valence-electron chi connectivity index (χ0n) is 11.4. The second kappa shape index (κ2) is 4.52. The monoisotopic (exact) mass is 251 g/mol. The summed E-state index contributed by atoms with van der Waals surface area (Å²) in [4.78, 5) is 14.6. The number of amides is 1. The molecule has 18 heavy (non-hydrogen) atoms. The van der Waals surface area contributed by atoms with E-state index in [1.54, 1.807) is 0 Å². The molecule has 0 aromatic heterocycles. The lowest BCUT2D eigenvalue weighted by molar-refractivity contribution is -0.133. The van der Waals surface area contributed by atoms with Crippen LogP contribution >= 0.6 is 0 Å². The first-order chi connectivity index (χ1) is 8.58. The van der Waals surface area contributed by atoms with Crippen molar-refractivity contribution < 1.29 is 9.90 Å². The summed E-state index contributed by atoms with van der Waals surface area (Å²) < 4.78 is 0. The highest BCUT2D eigenvalue weighted by Crippen LogP contribution is 2.56. The van der Waals surface area contributed by atoms with Crippen LogP contribution in [-0.4, -0.2) is 34.6 Å². The van der Waals surface area contributed by atoms with Gasteiger partial charge in [-0.3, -0.25) is 4.79 Å². The standard InChI is InChI=1S/C15H25NO2/c1-15(18)7-4-9-16(10-8-15)14(17)13-11-5-2-3-6-12(11)13/h11-13,18H,2-10H2,1H3. The first kappa shape index (κ1) is 12.5. The fraction of sp³-hybridized carbons (Fsp3) is 0.933. The fourth-order valence-electron chi connectivity index (χ4n) is 4.05. The Morgan fingerprint density at radius 3 is 2.44 bits per heavy atom. The molecule has 0 aromatic carbocycles. The summed E-state index contributed by atoms with van der Waals surface area (Å²) in [6.07, 6.45) is 7.69. The number of hydrogen-bond donors (Lipinski definition) is 1. The van der Waals surface area contributed by atoms with E-state index in [1.807, 2.05) is 11.8 Å². The molecule has 3 fully saturated rings. The third-order valence-electron chi connectivity index (χ3n) is 5.32. The van der Waals surface area contributed by atoms with Gasteiger partial charge in [0, 0.05) is 19.0 Å². The average Bonchev–Trinajstić information content (AvgIpc) is 3.08. The van der Waals surface area contributed by atoms with Gasteiger partial charge in [-0.25, -0.2) is 0 Å². The lowest BCUT2D eigenvalue weighted by Crippen LogP contribution is -2.35. The second-order valence-corrected chi connectivity index (χ2v) is 6.81. The molecule has 2 saturated carbocycles. The Kier molecular flexibility index (Phi) is 3.13. The van der Waals surface area contributed by atoms with Crippen molar-refractivity contribution in [3.63, 3.8) is 0 Å². The zero-order chi connectivity index (χ0) is 12.8. The summed E-state index contributed by atoms with van der Waals surface area (Å²) in [6.45, 7) is 3.50. The van der Waals surface area contributed by atoms with Crippen LogP contribution in [0.5, 0.6) is 0 Å². The molecule has 102 valence electrons. The van der Waals surface area contributed by atoms with Gasteiger partial charge in [-0.15, -0.1) is 0 Å². The molecule has 0 bridgehead atoms. The number of rotatable bonds is 1. The highest BCUT2D eigenvalue weighted by atomic mass is 16.3. The number of likely N-dealkylation sites (tertiary alicyclic amines) is 1. The number of fused-ring (bicyclic) bond motifs is 1. The van der Waals surface area contributed by atoms with Gasteiger partial charge in [-0.1, -0.05) is 12.8 Å². The summed E-state index contributed by atoms with van der Waals surface area (Å²) in [5.74, 6) is 2.14. The van der Waals surface area contributed by atoms with Gasteiger partial charge in [0.2, 0.25) is 5.91 Å². The van der Waals surface area contributed by atoms with Crippen LogP contribution in [0.15, 0.2) is 0 Å². The van der Waals surface area contributed by atoms with E-state index >= 15 is 0 Å². The molecule has 0 aromatic rings. The van der Waals surface area contributed by atoms with Crippen molar-refractivity contribution >= 4 is 5.91 Å². The van der Waals surface area contributed by atoms with E-state index in [1.165, 1.54) is 25.7 Å². The molecule has 3 heteroatoms. The molecule has 0 radical (unpaired) electrons. The Morgan fingerprint density at radius 2 is 1.78 bits per heavy atom. The minimum absolute atomic E-state index is 0.343. The third-order valence-corrected chi connectivity index (χ3v) is 5.32. The predicted octanol–water partition coefficient (Wildman–Crippen LogP) is 2.19. The van der Waals surface area contributed by atoms with E-state index in [4.69, 9.17) is 0 Å². The SMILES string of the molecule is CC1(O)CCCN(C(=O)C2C3CCCCC32)CC1. The minimum atomic E-state index is -0.564. The molecule has 1 amide bonds. The average molecular weight is 251 g/mol. The van der Waals surface area contributed by atoms with Crippen molar-refractivity contribution in [1.29, 1.82) is 0 Å². The van der Waals surface area contributed by atoms with Gasteiger partial charge in [0.25, 0.3) is 0 Å². The predicted molar refractivity (Wildman–Crippen MR) is 70.0 cm³/mol. The molecule has 3 rings (SSSR count). The van der Waals surface area contributed by atoms with E-state index < -0.39 is 5.60 Å². The largest absolute Gasteiger partial charge is 0.390 e. The summed E-state index contributed by atoms with van der Waals surface area (Å²) in [5.41, 5.74) is -0.564. The van der Waals surface area contributed by atoms with Crippen molar-refractivity contribution in [3.8, 4) is 0 Å². The smallest absolute Gasteiger partial charge is 0.226 e. The highest BCUT2D eigenvalue weighted by Gasteiger charge is 2.55. The van der Waals surface area contributed by atoms with Crippen LogP contribution in [0.4, 0.5) is 0 Å². The maximum atomic E-state index is 12.5. The van der Waals surface area contributed by atoms with Crippen molar-refractivity contribution in [3.05, 3.63) is 0 Å². The number of nitrogens with zero attached hydrogens (tertiary/aromatic N) is 1. The van der Waals surface area contributed by atoms with E-state index in [9.17, 15) is 9.90 Å². The Morgan fingerprint density at radius 1 is 1.11 bits per heavy atom. The topological polar surface area (TPSA) is 40.5 Å². The van der Waals surface area contributed by atoms with Gasteiger partial charge in [0.15, 0.2) is 0 Å². The van der Waals surface area contributed by atoms with Crippen LogP contribution in [0.3, 0.4) is 0 Å². The molecule has 3 aliphatic rings. The maximum Gasteiger partial charge on any atom is 0.226 e. The summed E-state index contributed by atoms with van der Waals surface area (Å²) in [7, 11) is 0. The van der Waals surface area contributed by atoms with Gasteiger partial charge in [-0.05, 0) is 50.9 Å². The van der Waals surface area contributed by atoms with Crippen LogP contribution in [0.1, 0.15) is 51.9 Å². The molecule has 1 saturated heterocycles. The van der Waals surface area contributed by atoms with Crippen LogP contribution < -0.4 is 0 Å². The van der Waals surface area contributed by atoms with Crippen LogP contribution in [0.2, 0.25) is 0 Å². The summed E-state index contributed by atoms with van der Waals surface area (Å²) >= 11 is 0. The van der Waals surface area contributed by atoms with Gasteiger partial charge in [0.05, 0.1) is 5.60 Å². The molecule has 1 aliphatic heterocycles. The Bertz CT molecular complexity index is 327. The lowest BCUT2D eigenvalue weighted by atomic mass is 9.98. The second-order valence-electron chi connectivity index (χ2n) is 6.81. The maximum absolute atomic E-state index is 12.5. The Balaban J connectivity index is 1.60. The number of hydrogen-bond acceptors (Lipinski definition) is 2. The normalized spacial score (nSPS) is 44.1. The van der Waals surface area contributed by atoms with Crippen molar-refractivity contribution in [2.75, 3.05) is 13.1 Å². The van der Waals surface area contributed by atoms with Crippen molar-refractivity contribution in [2.24, 2.45) is 17.8 Å². The van der Waals surface area contributed by atoms with Crippen LogP contribution in [-0.2, 0) is 4.79 Å². The molecule has 2 aliphatic carbocycles. The molecule has 3 unspecified atom stereocenters. The van der Waals surface area contributed by atoms with Crippen molar-refractivity contribution in [2.45, 2.75) is 57.5 Å². The van der Waals surface area contributed by atoms with E-state index in [2.05, 4.69) is 0 Å². The fourth-order valence-corrected chi connectivity index (χ4v) is 4.05. The molecule has 0 spiro atoms. The van der Waals surface area contributed by atoms with Gasteiger partial charge >= 0.3 is 0 Å². The Hall–Kier alpha value is -0.570. The molecule has 3 atom stereocenters. The quantitative estimate of drug-likeness (QED) is 0.776. The molecule has 1 heterocycles. The van der Waals surface area contributed by atoms with Crippen LogP contribution in [0, 0.1) is 17.8 Å². The van der Waals surface area contributed by atoms with Crippen LogP contribution in [0.25, 0.3) is 0 Å². The number of aliphatic hydroxyl groups is 1. The van der Waals surface area contributed by atoms with E-state index in [0.29, 0.717) is 23.7 Å². The summed E-state index contributed by atoms with van der Waals surface area (Å²) in [5, 5.41) is 10.1. The number of carbonyl (C=O) groups excluding carboxylic acids is 1. The van der Waals surface area contributed by atoms with E-state index in [-0.39, 0.29) is 0 Å². The van der Waals surface area contributed by atoms with Gasteiger partial charge in [-0.2, -0.15) is 0 Å². The van der Waals surface area contributed by atoms with Crippen molar-refractivity contribution in [1.82, 2.24) is 4.90 Å². The highest BCUT2D eigenvalue weighted by molar-refractivity contribution is 5.82. The first-order valence-electron chi connectivity index (χ1n) is 7.60. The Labute approximate surface area is 110 Å². The zero-order valence-corrected chi connectivity index (χ0v) is 11.4. The first-order valence-corrected chi connectivity index (χ1v) is 7.60. The lowest BCUT2D eigenvalue weighted by Gasteiger charge is -2.22. The third kappa shape index (κ3) is 2.29. The molecular formula is C15H25NO2. The molecule has 1 N–H and O–H groups in total. The molecule has 3 nitrogen and oxygen atoms in total.